The number of nitrogens with zero attached hydrogens (tertiary/aromatic N) is 2. The molecule has 0 atom stereocenters. The highest BCUT2D eigenvalue weighted by Gasteiger charge is 2.04. The highest BCUT2D eigenvalue weighted by Crippen LogP contribution is 2.29. The minimum atomic E-state index is 0.293. The summed E-state index contributed by atoms with van der Waals surface area (Å²) in [5, 5.41) is 18.0. The van der Waals surface area contributed by atoms with Crippen LogP contribution in [0.5, 0.6) is 5.75 Å². The van der Waals surface area contributed by atoms with Crippen molar-refractivity contribution in [1.29, 1.82) is 0 Å². The fourth-order valence-electron chi connectivity index (χ4n) is 1.62. The zero-order valence-electron chi connectivity index (χ0n) is 10.8. The molecule has 0 unspecified atom stereocenters. The summed E-state index contributed by atoms with van der Waals surface area (Å²) in [5.41, 5.74) is 4.60. The lowest BCUT2D eigenvalue weighted by Gasteiger charge is -2.05. The topological polar surface area (TPSA) is 45.0 Å². The molecule has 0 aliphatic heterocycles. The molecule has 3 nitrogen and oxygen atoms in total. The minimum Gasteiger partial charge on any atom is -0.508 e. The maximum absolute atomic E-state index is 9.57. The Morgan fingerprint density at radius 2 is 1.44 bits per heavy atom. The van der Waals surface area contributed by atoms with Gasteiger partial charge in [-0.25, -0.2) is 0 Å². The maximum Gasteiger partial charge on any atom is 0.118 e. The molecule has 0 aliphatic carbocycles. The van der Waals surface area contributed by atoms with Gasteiger partial charge in [-0.2, -0.15) is 10.2 Å². The number of phenolic OH excluding ortho intramolecular Hbond substituents is 1. The van der Waals surface area contributed by atoms with E-state index in [4.69, 9.17) is 0 Å². The second-order valence-electron chi connectivity index (χ2n) is 4.39. The van der Waals surface area contributed by atoms with E-state index in [9.17, 15) is 5.11 Å². The molecule has 0 amide bonds. The smallest absolute Gasteiger partial charge is 0.118 e. The molecule has 0 aliphatic rings. The van der Waals surface area contributed by atoms with E-state index in [1.54, 1.807) is 12.1 Å². The van der Waals surface area contributed by atoms with Gasteiger partial charge in [-0.05, 0) is 56.2 Å². The molecule has 2 rings (SSSR count). The van der Waals surface area contributed by atoms with Gasteiger partial charge < -0.3 is 5.11 Å². The highest BCUT2D eigenvalue weighted by atomic mass is 16.3. The van der Waals surface area contributed by atoms with Crippen LogP contribution in [0.25, 0.3) is 0 Å². The van der Waals surface area contributed by atoms with Crippen molar-refractivity contribution in [3.63, 3.8) is 0 Å². The van der Waals surface area contributed by atoms with Crippen LogP contribution in [0, 0.1) is 20.8 Å². The molecule has 0 spiro atoms. The van der Waals surface area contributed by atoms with E-state index in [1.807, 2.05) is 45.0 Å². The van der Waals surface area contributed by atoms with Gasteiger partial charge in [-0.15, -0.1) is 0 Å². The first-order valence-electron chi connectivity index (χ1n) is 5.85. The second-order valence-corrected chi connectivity index (χ2v) is 4.39. The molecule has 0 radical (unpaired) electrons. The zero-order chi connectivity index (χ0) is 13.1. The molecule has 0 heterocycles. The van der Waals surface area contributed by atoms with Crippen molar-refractivity contribution in [1.82, 2.24) is 0 Å². The fourth-order valence-corrected chi connectivity index (χ4v) is 1.62. The Labute approximate surface area is 107 Å². The van der Waals surface area contributed by atoms with Crippen molar-refractivity contribution in [2.24, 2.45) is 10.2 Å². The van der Waals surface area contributed by atoms with Crippen molar-refractivity contribution >= 4 is 11.4 Å². The number of hydrogen-bond acceptors (Lipinski definition) is 3. The average Bonchev–Trinajstić information content (AvgIpc) is 2.37. The van der Waals surface area contributed by atoms with Crippen molar-refractivity contribution in [3.05, 3.63) is 53.1 Å². The number of rotatable bonds is 2. The summed E-state index contributed by atoms with van der Waals surface area (Å²) in [7, 11) is 0. The van der Waals surface area contributed by atoms with Crippen LogP contribution in [0.1, 0.15) is 16.7 Å². The Kier molecular flexibility index (Phi) is 3.42. The van der Waals surface area contributed by atoms with Gasteiger partial charge in [0.05, 0.1) is 11.4 Å². The van der Waals surface area contributed by atoms with Crippen LogP contribution in [-0.4, -0.2) is 5.11 Å². The van der Waals surface area contributed by atoms with E-state index < -0.39 is 0 Å². The summed E-state index contributed by atoms with van der Waals surface area (Å²) < 4.78 is 0. The summed E-state index contributed by atoms with van der Waals surface area (Å²) >= 11 is 0. The number of benzene rings is 2. The summed E-state index contributed by atoms with van der Waals surface area (Å²) in [6, 6.07) is 11.3. The third kappa shape index (κ3) is 2.56. The molecule has 2 aromatic rings. The van der Waals surface area contributed by atoms with Gasteiger partial charge in [0.15, 0.2) is 0 Å². The lowest BCUT2D eigenvalue weighted by molar-refractivity contribution is 0.470. The van der Waals surface area contributed by atoms with E-state index in [-0.39, 0.29) is 0 Å². The van der Waals surface area contributed by atoms with Crippen LogP contribution in [0.15, 0.2) is 46.6 Å². The second kappa shape index (κ2) is 5.00. The monoisotopic (exact) mass is 240 g/mol. The first-order chi connectivity index (χ1) is 8.58. The largest absolute Gasteiger partial charge is 0.508 e. The molecule has 0 saturated carbocycles. The number of hydrogen-bond donors (Lipinski definition) is 1. The third-order valence-electron chi connectivity index (χ3n) is 3.04. The third-order valence-corrected chi connectivity index (χ3v) is 3.04. The van der Waals surface area contributed by atoms with Gasteiger partial charge in [-0.3, -0.25) is 0 Å². The summed E-state index contributed by atoms with van der Waals surface area (Å²) in [6.45, 7) is 5.84. The number of aromatic hydroxyl groups is 1. The van der Waals surface area contributed by atoms with E-state index in [1.165, 1.54) is 5.56 Å². The lowest BCUT2D eigenvalue weighted by atomic mass is 10.1. The predicted octanol–water partition coefficient (Wildman–Crippen LogP) is 4.73. The lowest BCUT2D eigenvalue weighted by Crippen LogP contribution is -1.81. The van der Waals surface area contributed by atoms with Gasteiger partial charge in [0.2, 0.25) is 0 Å². The molecular weight excluding hydrogens is 224 g/mol. The van der Waals surface area contributed by atoms with Crippen molar-refractivity contribution in [2.45, 2.75) is 20.8 Å². The molecule has 0 bridgehead atoms. The summed E-state index contributed by atoms with van der Waals surface area (Å²) in [6.07, 6.45) is 0. The van der Waals surface area contributed by atoms with Gasteiger partial charge in [0.25, 0.3) is 0 Å². The molecule has 0 saturated heterocycles. The molecule has 3 heteroatoms. The van der Waals surface area contributed by atoms with Crippen LogP contribution in [-0.2, 0) is 0 Å². The van der Waals surface area contributed by atoms with Crippen LogP contribution in [0.3, 0.4) is 0 Å². The number of aryl methyl sites for hydroxylation is 1. The molecule has 18 heavy (non-hydrogen) atoms. The fraction of sp³-hybridized carbons (Fsp3) is 0.200. The van der Waals surface area contributed by atoms with Gasteiger partial charge in [0, 0.05) is 0 Å². The average molecular weight is 240 g/mol. The normalized spacial score (nSPS) is 11.1. The van der Waals surface area contributed by atoms with Crippen molar-refractivity contribution < 1.29 is 5.11 Å². The van der Waals surface area contributed by atoms with Crippen molar-refractivity contribution in [3.8, 4) is 5.75 Å². The Balaban J connectivity index is 2.29. The van der Waals surface area contributed by atoms with Crippen LogP contribution in [0.4, 0.5) is 11.4 Å². The van der Waals surface area contributed by atoms with Gasteiger partial charge in [0.1, 0.15) is 5.75 Å². The first-order valence-corrected chi connectivity index (χ1v) is 5.85. The van der Waals surface area contributed by atoms with E-state index in [0.717, 1.165) is 22.5 Å². The maximum atomic E-state index is 9.57. The Morgan fingerprint density at radius 3 is 2.11 bits per heavy atom. The molecule has 0 fully saturated rings. The highest BCUT2D eigenvalue weighted by molar-refractivity contribution is 5.54. The first kappa shape index (κ1) is 12.3. The van der Waals surface area contributed by atoms with Crippen LogP contribution in [0.2, 0.25) is 0 Å². The van der Waals surface area contributed by atoms with Crippen LogP contribution < -0.4 is 0 Å². The standard InChI is InChI=1S/C15H16N2O/c1-10-4-6-13(7-5-10)16-17-14-8-9-15(18)12(3)11(14)2/h4-9,18H,1-3H3/b17-16+. The minimum absolute atomic E-state index is 0.293. The quantitative estimate of drug-likeness (QED) is 0.757. The molecule has 2 aromatic carbocycles. The molecular formula is C15H16N2O. The zero-order valence-corrected chi connectivity index (χ0v) is 10.8. The van der Waals surface area contributed by atoms with Gasteiger partial charge >= 0.3 is 0 Å². The SMILES string of the molecule is Cc1ccc(/N=N/c2ccc(O)c(C)c2C)cc1. The van der Waals surface area contributed by atoms with E-state index >= 15 is 0 Å². The Morgan fingerprint density at radius 1 is 0.778 bits per heavy atom. The number of phenols is 1. The van der Waals surface area contributed by atoms with Crippen LogP contribution >= 0.6 is 0 Å². The molecule has 1 N–H and O–H groups in total. The Hall–Kier alpha value is -2.16. The molecule has 0 aromatic heterocycles. The Bertz CT molecular complexity index is 586. The van der Waals surface area contributed by atoms with E-state index in [0.29, 0.717) is 5.75 Å². The van der Waals surface area contributed by atoms with Gasteiger partial charge in [-0.1, -0.05) is 17.7 Å². The predicted molar refractivity (Wildman–Crippen MR) is 72.9 cm³/mol. The van der Waals surface area contributed by atoms with Crippen molar-refractivity contribution in [2.75, 3.05) is 0 Å². The van der Waals surface area contributed by atoms with E-state index in [2.05, 4.69) is 10.2 Å². The summed E-state index contributed by atoms with van der Waals surface area (Å²) in [5.74, 6) is 0.293. The molecule has 92 valence electrons. The number of azo groups is 1. The summed E-state index contributed by atoms with van der Waals surface area (Å²) in [4.78, 5) is 0.